The van der Waals surface area contributed by atoms with Gasteiger partial charge in [-0.15, -0.1) is 0 Å². The molecule has 2 rings (SSSR count). The lowest BCUT2D eigenvalue weighted by atomic mass is 10.2. The molecule has 0 saturated heterocycles. The number of benzene rings is 1. The third-order valence-electron chi connectivity index (χ3n) is 2.95. The molecule has 3 N–H and O–H groups in total. The summed E-state index contributed by atoms with van der Waals surface area (Å²) in [4.78, 5) is 0.171. The molecule has 1 aromatic carbocycles. The Hall–Kier alpha value is -0.780. The van der Waals surface area contributed by atoms with Crippen LogP contribution >= 0.6 is 11.6 Å². The summed E-state index contributed by atoms with van der Waals surface area (Å²) < 4.78 is 26.9. The first-order valence-corrected chi connectivity index (χ1v) is 7.19. The molecule has 1 saturated carbocycles. The zero-order valence-electron chi connectivity index (χ0n) is 9.75. The van der Waals surface area contributed by atoms with Crippen molar-refractivity contribution < 1.29 is 8.42 Å². The van der Waals surface area contributed by atoms with Gasteiger partial charge in [-0.1, -0.05) is 11.6 Å². The fourth-order valence-electron chi connectivity index (χ4n) is 1.59. The molecule has 1 aliphatic carbocycles. The van der Waals surface area contributed by atoms with E-state index in [0.717, 1.165) is 12.8 Å². The highest BCUT2D eigenvalue weighted by molar-refractivity contribution is 7.89. The maximum atomic E-state index is 12.1. The van der Waals surface area contributed by atoms with E-state index in [1.807, 2.05) is 6.92 Å². The van der Waals surface area contributed by atoms with E-state index in [2.05, 4.69) is 4.72 Å². The van der Waals surface area contributed by atoms with Crippen molar-refractivity contribution in [1.29, 1.82) is 0 Å². The first-order valence-electron chi connectivity index (χ1n) is 5.33. The van der Waals surface area contributed by atoms with Crippen LogP contribution in [0.5, 0.6) is 0 Å². The van der Waals surface area contributed by atoms with Gasteiger partial charge in [0.05, 0.1) is 15.6 Å². The van der Waals surface area contributed by atoms with Crippen molar-refractivity contribution >= 4 is 27.3 Å². The second kappa shape index (κ2) is 3.86. The summed E-state index contributed by atoms with van der Waals surface area (Å²) in [6.07, 6.45) is 1.74. The molecule has 1 aliphatic rings. The summed E-state index contributed by atoms with van der Waals surface area (Å²) in [7, 11) is -3.51. The van der Waals surface area contributed by atoms with Gasteiger partial charge >= 0.3 is 0 Å². The molecule has 0 bridgehead atoms. The van der Waals surface area contributed by atoms with Crippen molar-refractivity contribution in [1.82, 2.24) is 4.72 Å². The lowest BCUT2D eigenvalue weighted by Crippen LogP contribution is -2.34. The van der Waals surface area contributed by atoms with Gasteiger partial charge in [0, 0.05) is 5.54 Å². The van der Waals surface area contributed by atoms with Gasteiger partial charge in [0.25, 0.3) is 0 Å². The molecule has 0 atom stereocenters. The molecular weight excluding hydrogens is 260 g/mol. The van der Waals surface area contributed by atoms with E-state index in [-0.39, 0.29) is 16.1 Å². The zero-order valence-corrected chi connectivity index (χ0v) is 11.3. The van der Waals surface area contributed by atoms with Crippen molar-refractivity contribution in [2.45, 2.75) is 37.1 Å². The second-order valence-corrected chi connectivity index (χ2v) is 6.87. The number of nitrogen functional groups attached to an aromatic ring is 1. The summed E-state index contributed by atoms with van der Waals surface area (Å²) in [5, 5.41) is 0.404. The minimum atomic E-state index is -3.51. The molecule has 0 heterocycles. The van der Waals surface area contributed by atoms with Crippen LogP contribution in [0.1, 0.15) is 25.3 Å². The molecule has 0 radical (unpaired) electrons. The summed E-state index contributed by atoms with van der Waals surface area (Å²) in [5.41, 5.74) is 6.33. The maximum absolute atomic E-state index is 12.1. The molecule has 1 fully saturated rings. The third kappa shape index (κ3) is 2.56. The van der Waals surface area contributed by atoms with Crippen LogP contribution in [0, 0.1) is 6.92 Å². The van der Waals surface area contributed by atoms with E-state index >= 15 is 0 Å². The van der Waals surface area contributed by atoms with Crippen molar-refractivity contribution in [3.05, 3.63) is 22.7 Å². The maximum Gasteiger partial charge on any atom is 0.241 e. The number of rotatable bonds is 3. The van der Waals surface area contributed by atoms with Gasteiger partial charge in [-0.3, -0.25) is 0 Å². The minimum Gasteiger partial charge on any atom is -0.397 e. The molecule has 0 unspecified atom stereocenters. The Morgan fingerprint density at radius 3 is 2.47 bits per heavy atom. The van der Waals surface area contributed by atoms with Crippen molar-refractivity contribution in [3.63, 3.8) is 0 Å². The summed E-state index contributed by atoms with van der Waals surface area (Å²) >= 11 is 5.90. The number of nitrogens with two attached hydrogens (primary N) is 1. The van der Waals surface area contributed by atoms with Gasteiger partial charge in [0.15, 0.2) is 0 Å². The van der Waals surface area contributed by atoms with Gasteiger partial charge < -0.3 is 5.73 Å². The molecule has 1 aromatic rings. The highest BCUT2D eigenvalue weighted by Gasteiger charge is 2.41. The number of hydrogen-bond donors (Lipinski definition) is 2. The summed E-state index contributed by atoms with van der Waals surface area (Å²) in [6.45, 7) is 3.62. The normalized spacial score (nSPS) is 18.1. The van der Waals surface area contributed by atoms with E-state index in [9.17, 15) is 8.42 Å². The smallest absolute Gasteiger partial charge is 0.241 e. The van der Waals surface area contributed by atoms with Crippen LogP contribution in [0.15, 0.2) is 17.0 Å². The Kier molecular flexibility index (Phi) is 2.88. The van der Waals surface area contributed by atoms with E-state index in [4.69, 9.17) is 17.3 Å². The molecule has 0 aromatic heterocycles. The van der Waals surface area contributed by atoms with E-state index < -0.39 is 10.0 Å². The Labute approximate surface area is 106 Å². The van der Waals surface area contributed by atoms with Crippen LogP contribution in [0.4, 0.5) is 5.69 Å². The molecule has 0 spiro atoms. The van der Waals surface area contributed by atoms with Crippen LogP contribution in [0.25, 0.3) is 0 Å². The Balaban J connectivity index is 2.39. The summed E-state index contributed by atoms with van der Waals surface area (Å²) in [5.74, 6) is 0. The number of nitrogens with one attached hydrogen (secondary N) is 1. The van der Waals surface area contributed by atoms with Gasteiger partial charge in [0.1, 0.15) is 0 Å². The average molecular weight is 275 g/mol. The van der Waals surface area contributed by atoms with Crippen LogP contribution < -0.4 is 10.5 Å². The highest BCUT2D eigenvalue weighted by Crippen LogP contribution is 2.36. The van der Waals surface area contributed by atoms with Crippen molar-refractivity contribution in [2.75, 3.05) is 5.73 Å². The predicted molar refractivity (Wildman–Crippen MR) is 68.6 cm³/mol. The predicted octanol–water partition coefficient (Wildman–Crippen LogP) is 2.06. The number of hydrogen-bond acceptors (Lipinski definition) is 3. The van der Waals surface area contributed by atoms with Crippen LogP contribution in [0.2, 0.25) is 5.02 Å². The number of sulfonamides is 1. The van der Waals surface area contributed by atoms with Gasteiger partial charge in [0.2, 0.25) is 10.0 Å². The summed E-state index contributed by atoms with van der Waals surface area (Å²) in [6, 6.07) is 2.93. The highest BCUT2D eigenvalue weighted by atomic mass is 35.5. The van der Waals surface area contributed by atoms with Gasteiger partial charge in [-0.05, 0) is 44.4 Å². The molecule has 0 aliphatic heterocycles. The van der Waals surface area contributed by atoms with Crippen LogP contribution in [0.3, 0.4) is 0 Å². The molecular formula is C11H15ClN2O2S. The molecule has 4 nitrogen and oxygen atoms in total. The standard InChI is InChI=1S/C11H15ClN2O2S/c1-7-5-8(6-9(13)10(7)12)17(15,16)14-11(2)3-4-11/h5-6,14H,3-4,13H2,1-2H3. The first-order chi connectivity index (χ1) is 7.73. The topological polar surface area (TPSA) is 72.2 Å². The average Bonchev–Trinajstić information content (AvgIpc) is 2.90. The van der Waals surface area contributed by atoms with E-state index in [0.29, 0.717) is 10.6 Å². The SMILES string of the molecule is Cc1cc(S(=O)(=O)NC2(C)CC2)cc(N)c1Cl. The van der Waals surface area contributed by atoms with Crippen LogP contribution in [-0.4, -0.2) is 14.0 Å². The van der Waals surface area contributed by atoms with E-state index in [1.54, 1.807) is 6.92 Å². The number of aryl methyl sites for hydroxylation is 1. The van der Waals surface area contributed by atoms with Crippen molar-refractivity contribution in [3.8, 4) is 0 Å². The van der Waals surface area contributed by atoms with Gasteiger partial charge in [-0.25, -0.2) is 13.1 Å². The van der Waals surface area contributed by atoms with E-state index in [1.165, 1.54) is 12.1 Å². The molecule has 6 heteroatoms. The minimum absolute atomic E-state index is 0.171. The monoisotopic (exact) mass is 274 g/mol. The Morgan fingerprint density at radius 2 is 2.00 bits per heavy atom. The third-order valence-corrected chi connectivity index (χ3v) is 5.08. The zero-order chi connectivity index (χ0) is 12.8. The quantitative estimate of drug-likeness (QED) is 0.829. The largest absolute Gasteiger partial charge is 0.397 e. The lowest BCUT2D eigenvalue weighted by Gasteiger charge is -2.13. The fourth-order valence-corrected chi connectivity index (χ4v) is 3.28. The van der Waals surface area contributed by atoms with Crippen molar-refractivity contribution in [2.24, 2.45) is 0 Å². The lowest BCUT2D eigenvalue weighted by molar-refractivity contribution is 0.558. The fraction of sp³-hybridized carbons (Fsp3) is 0.455. The van der Waals surface area contributed by atoms with Gasteiger partial charge in [-0.2, -0.15) is 0 Å². The first kappa shape index (κ1) is 12.7. The molecule has 0 amide bonds. The Bertz CT molecular complexity index is 542. The number of anilines is 1. The Morgan fingerprint density at radius 1 is 1.41 bits per heavy atom. The second-order valence-electron chi connectivity index (χ2n) is 4.81. The molecule has 17 heavy (non-hydrogen) atoms. The molecule has 94 valence electrons. The number of halogens is 1. The van der Waals surface area contributed by atoms with Crippen LogP contribution in [-0.2, 0) is 10.0 Å².